The number of hydrogen-bond acceptors (Lipinski definition) is 9. The summed E-state index contributed by atoms with van der Waals surface area (Å²) in [6, 6.07) is 25.6. The molecule has 0 unspecified atom stereocenters. The van der Waals surface area contributed by atoms with E-state index in [9.17, 15) is 27.6 Å². The predicted octanol–water partition coefficient (Wildman–Crippen LogP) is 7.24. The zero-order valence-corrected chi connectivity index (χ0v) is 32.0. The number of rotatable bonds is 11. The van der Waals surface area contributed by atoms with Gasteiger partial charge in [-0.2, -0.15) is 0 Å². The van der Waals surface area contributed by atoms with E-state index in [1.807, 2.05) is 36.4 Å². The number of anilines is 3. The fourth-order valence-corrected chi connectivity index (χ4v) is 9.85. The molecule has 2 heterocycles. The van der Waals surface area contributed by atoms with E-state index in [1.54, 1.807) is 30.3 Å². The van der Waals surface area contributed by atoms with Gasteiger partial charge in [0.05, 0.1) is 41.5 Å². The Morgan fingerprint density at radius 2 is 1.36 bits per heavy atom. The number of sulfonamides is 1. The third kappa shape index (κ3) is 7.89. The van der Waals surface area contributed by atoms with Gasteiger partial charge in [-0.15, -0.1) is 11.3 Å². The Balaban J connectivity index is 1.05. The summed E-state index contributed by atoms with van der Waals surface area (Å²) in [5.74, 6) is -1.73. The summed E-state index contributed by atoms with van der Waals surface area (Å²) in [6.45, 7) is 0.189. The largest absolute Gasteiger partial charge is 0.465 e. The number of aryl methyl sites for hydroxylation is 3. The number of hydrogen-bond donors (Lipinski definition) is 2. The molecule has 1 aliphatic heterocycles. The van der Waals surface area contributed by atoms with E-state index >= 15 is 0 Å². The molecule has 2 N–H and O–H groups in total. The van der Waals surface area contributed by atoms with E-state index in [-0.39, 0.29) is 28.9 Å². The number of amides is 2. The minimum absolute atomic E-state index is 0.0478. The molecule has 2 amide bonds. The lowest BCUT2D eigenvalue weighted by Crippen LogP contribution is -2.29. The Bertz CT molecular complexity index is 2400. The summed E-state index contributed by atoms with van der Waals surface area (Å²) < 4.78 is 38.6. The molecule has 5 aromatic rings. The fraction of sp³-hybridized carbons (Fsp3) is 0.238. The number of nitrogens with zero attached hydrogens (tertiary/aromatic N) is 1. The van der Waals surface area contributed by atoms with Crippen LogP contribution >= 0.6 is 11.3 Å². The van der Waals surface area contributed by atoms with Crippen LogP contribution in [0.2, 0.25) is 0 Å². The van der Waals surface area contributed by atoms with E-state index in [1.165, 1.54) is 54.1 Å². The summed E-state index contributed by atoms with van der Waals surface area (Å²) in [6.07, 6.45) is 5.42. The zero-order chi connectivity index (χ0) is 38.7. The van der Waals surface area contributed by atoms with Crippen LogP contribution in [-0.2, 0) is 51.6 Å². The summed E-state index contributed by atoms with van der Waals surface area (Å²) in [5, 5.41) is 6.37. The molecule has 0 atom stereocenters. The number of nitrogens with one attached hydrogen (secondary N) is 2. The molecule has 0 spiro atoms. The van der Waals surface area contributed by atoms with Gasteiger partial charge >= 0.3 is 11.9 Å². The second kappa shape index (κ2) is 15.9. The Labute approximate surface area is 323 Å². The van der Waals surface area contributed by atoms with Gasteiger partial charge in [-0.1, -0.05) is 30.3 Å². The maximum atomic E-state index is 13.9. The summed E-state index contributed by atoms with van der Waals surface area (Å²) >= 11 is 1.38. The van der Waals surface area contributed by atoms with Crippen molar-refractivity contribution in [2.75, 3.05) is 35.7 Å². The first-order valence-electron chi connectivity index (χ1n) is 17.9. The van der Waals surface area contributed by atoms with Crippen LogP contribution in [0.25, 0.3) is 0 Å². The molecular weight excluding hydrogens is 739 g/mol. The normalized spacial score (nSPS) is 13.4. The summed E-state index contributed by atoms with van der Waals surface area (Å²) in [5.41, 5.74) is 6.31. The number of methoxy groups -OCH3 is 2. The first-order chi connectivity index (χ1) is 26.5. The lowest BCUT2D eigenvalue weighted by atomic mass is 9.95. The Hall–Kier alpha value is -5.79. The van der Waals surface area contributed by atoms with E-state index < -0.39 is 21.9 Å². The van der Waals surface area contributed by atoms with Crippen molar-refractivity contribution in [3.8, 4) is 0 Å². The van der Waals surface area contributed by atoms with Crippen molar-refractivity contribution in [3.63, 3.8) is 0 Å². The quantitative estimate of drug-likeness (QED) is 0.134. The van der Waals surface area contributed by atoms with Crippen molar-refractivity contribution in [2.24, 2.45) is 0 Å². The van der Waals surface area contributed by atoms with Gasteiger partial charge in [-0.05, 0) is 128 Å². The summed E-state index contributed by atoms with van der Waals surface area (Å²) in [7, 11) is -1.40. The van der Waals surface area contributed by atoms with Gasteiger partial charge in [0.15, 0.2) is 0 Å². The monoisotopic (exact) mass is 777 g/mol. The second-order valence-electron chi connectivity index (χ2n) is 13.4. The molecule has 282 valence electrons. The highest BCUT2D eigenvalue weighted by molar-refractivity contribution is 7.92. The molecule has 1 aliphatic carbocycles. The maximum absolute atomic E-state index is 13.9. The Morgan fingerprint density at radius 1 is 0.709 bits per heavy atom. The molecule has 11 nitrogen and oxygen atoms in total. The Morgan fingerprint density at radius 3 is 2.07 bits per heavy atom. The summed E-state index contributed by atoms with van der Waals surface area (Å²) in [4.78, 5) is 52.4. The number of carbonyl (C=O) groups excluding carboxylic acids is 4. The highest BCUT2D eigenvalue weighted by atomic mass is 32.2. The van der Waals surface area contributed by atoms with Gasteiger partial charge in [-0.3, -0.25) is 13.9 Å². The topological polar surface area (TPSA) is 148 Å². The number of esters is 2. The van der Waals surface area contributed by atoms with Gasteiger partial charge in [0, 0.05) is 22.7 Å². The molecule has 55 heavy (non-hydrogen) atoms. The number of carbonyl (C=O) groups is 4. The number of thiophene rings is 1. The van der Waals surface area contributed by atoms with Crippen LogP contribution in [0.5, 0.6) is 0 Å². The van der Waals surface area contributed by atoms with Gasteiger partial charge < -0.3 is 20.1 Å². The highest BCUT2D eigenvalue weighted by Gasteiger charge is 2.32. The van der Waals surface area contributed by atoms with Crippen LogP contribution in [0, 0.1) is 0 Å². The van der Waals surface area contributed by atoms with Crippen LogP contribution in [-0.4, -0.2) is 52.9 Å². The van der Waals surface area contributed by atoms with Crippen LogP contribution in [0.15, 0.2) is 95.9 Å². The highest BCUT2D eigenvalue weighted by Crippen LogP contribution is 2.39. The van der Waals surface area contributed by atoms with Crippen molar-refractivity contribution in [2.45, 2.75) is 49.8 Å². The van der Waals surface area contributed by atoms with Gasteiger partial charge in [-0.25, -0.2) is 18.0 Å². The minimum atomic E-state index is -4.04. The van der Waals surface area contributed by atoms with Crippen molar-refractivity contribution in [1.29, 1.82) is 0 Å². The average molecular weight is 778 g/mol. The number of fused-ring (bicyclic) bond motifs is 2. The predicted molar refractivity (Wildman–Crippen MR) is 211 cm³/mol. The first kappa shape index (κ1) is 37.5. The smallest absolute Gasteiger partial charge is 0.337 e. The van der Waals surface area contributed by atoms with Crippen LogP contribution in [0.3, 0.4) is 0 Å². The standard InChI is InChI=1S/C42H39N3O8S2/c1-52-41(48)28-16-12-26(13-17-28)10-11-27-14-19-32(20-15-27)43-39(47)37-34-8-3-4-9-36(34)54-40(37)44-38(46)30-6-5-7-33(25-30)55(50,51)45-23-22-29-24-31(42(49)53-2)18-21-35(29)45/h5-7,12-21,24-25H,3-4,8-11,22-23H2,1-2H3,(H,43,47)(H,44,46). The lowest BCUT2D eigenvalue weighted by molar-refractivity contribution is 0.0592. The average Bonchev–Trinajstić information content (AvgIpc) is 3.82. The fourth-order valence-electron chi connectivity index (χ4n) is 7.02. The van der Waals surface area contributed by atoms with Crippen molar-refractivity contribution in [3.05, 3.63) is 140 Å². The van der Waals surface area contributed by atoms with E-state index in [0.29, 0.717) is 45.1 Å². The lowest BCUT2D eigenvalue weighted by Gasteiger charge is -2.20. The van der Waals surface area contributed by atoms with Crippen LogP contribution in [0.4, 0.5) is 16.4 Å². The zero-order valence-electron chi connectivity index (χ0n) is 30.3. The van der Waals surface area contributed by atoms with Crippen molar-refractivity contribution in [1.82, 2.24) is 0 Å². The molecule has 1 aromatic heterocycles. The third-order valence-electron chi connectivity index (χ3n) is 9.95. The molecule has 0 saturated carbocycles. The number of benzene rings is 4. The van der Waals surface area contributed by atoms with Gasteiger partial charge in [0.1, 0.15) is 5.00 Å². The van der Waals surface area contributed by atoms with E-state index in [2.05, 4.69) is 10.6 Å². The van der Waals surface area contributed by atoms with E-state index in [4.69, 9.17) is 9.47 Å². The van der Waals surface area contributed by atoms with Crippen molar-refractivity contribution >= 4 is 61.5 Å². The SMILES string of the molecule is COC(=O)c1ccc(CCc2ccc(NC(=O)c3c(NC(=O)c4cccc(S(=O)(=O)N5CCc6cc(C(=O)OC)ccc65)c4)sc4c3CCCC4)cc2)cc1. The van der Waals surface area contributed by atoms with E-state index in [0.717, 1.165) is 60.1 Å². The molecule has 7 rings (SSSR count). The minimum Gasteiger partial charge on any atom is -0.465 e. The molecule has 2 aliphatic rings. The molecule has 4 aromatic carbocycles. The second-order valence-corrected chi connectivity index (χ2v) is 16.4. The van der Waals surface area contributed by atoms with Crippen LogP contribution in [0.1, 0.15) is 81.4 Å². The number of ether oxygens (including phenoxy) is 2. The maximum Gasteiger partial charge on any atom is 0.337 e. The van der Waals surface area contributed by atoms with Gasteiger partial charge in [0.2, 0.25) is 0 Å². The molecule has 0 saturated heterocycles. The molecule has 0 bridgehead atoms. The van der Waals surface area contributed by atoms with Crippen LogP contribution < -0.4 is 14.9 Å². The third-order valence-corrected chi connectivity index (χ3v) is 13.0. The molecule has 13 heteroatoms. The molecular formula is C42H39N3O8S2. The molecule has 0 radical (unpaired) electrons. The Kier molecular flexibility index (Phi) is 10.8. The van der Waals surface area contributed by atoms with Crippen molar-refractivity contribution < 1.29 is 37.1 Å². The molecule has 0 fully saturated rings. The first-order valence-corrected chi connectivity index (χ1v) is 20.2. The van der Waals surface area contributed by atoms with Gasteiger partial charge in [0.25, 0.3) is 21.8 Å².